The first-order valence-electron chi connectivity index (χ1n) is 5.86. The third-order valence-corrected chi connectivity index (χ3v) is 4.89. The van der Waals surface area contributed by atoms with Crippen LogP contribution in [0, 0.1) is 6.92 Å². The van der Waals surface area contributed by atoms with Crippen molar-refractivity contribution in [1.29, 1.82) is 0 Å². The molecule has 0 radical (unpaired) electrons. The summed E-state index contributed by atoms with van der Waals surface area (Å²) in [6.07, 6.45) is -0.149. The first-order valence-corrected chi connectivity index (χ1v) is 8.97. The molecule has 1 amide bonds. The number of amides is 1. The van der Waals surface area contributed by atoms with Crippen LogP contribution in [0.5, 0.6) is 5.75 Å². The smallest absolute Gasteiger partial charge is 0.265 e. The summed E-state index contributed by atoms with van der Waals surface area (Å²) in [4.78, 5) is 13.3. The number of ether oxygens (including phenoxy) is 1. The predicted molar refractivity (Wildman–Crippen MR) is 78.6 cm³/mol. The molecule has 0 aromatic heterocycles. The second-order valence-corrected chi connectivity index (χ2v) is 8.09. The van der Waals surface area contributed by atoms with Gasteiger partial charge in [-0.2, -0.15) is 0 Å². The highest BCUT2D eigenvalue weighted by molar-refractivity contribution is 9.10. The SMILES string of the molecule is Cc1cc(Br)cc(S(=O)(=O)Cl)c1OC1CCN(C)C1=O. The number of benzene rings is 1. The molecule has 1 atom stereocenters. The first kappa shape index (κ1) is 15.6. The summed E-state index contributed by atoms with van der Waals surface area (Å²) in [5.41, 5.74) is 0.598. The summed E-state index contributed by atoms with van der Waals surface area (Å²) in [5.74, 6) is -0.0258. The molecule has 1 unspecified atom stereocenters. The Bertz CT molecular complexity index is 662. The minimum atomic E-state index is -3.96. The number of nitrogens with zero attached hydrogens (tertiary/aromatic N) is 1. The van der Waals surface area contributed by atoms with Gasteiger partial charge >= 0.3 is 0 Å². The molecule has 1 aromatic rings. The van der Waals surface area contributed by atoms with E-state index in [9.17, 15) is 13.2 Å². The molecule has 0 bridgehead atoms. The predicted octanol–water partition coefficient (Wildman–Crippen LogP) is 2.29. The van der Waals surface area contributed by atoms with E-state index in [1.54, 1.807) is 24.9 Å². The van der Waals surface area contributed by atoms with E-state index in [0.29, 0.717) is 23.0 Å². The molecular formula is C12H13BrClNO4S. The van der Waals surface area contributed by atoms with Crippen molar-refractivity contribution in [3.63, 3.8) is 0 Å². The summed E-state index contributed by atoms with van der Waals surface area (Å²) >= 11 is 3.22. The molecule has 1 aliphatic rings. The summed E-state index contributed by atoms with van der Waals surface area (Å²) in [7, 11) is 3.16. The maximum absolute atomic E-state index is 11.9. The molecule has 1 heterocycles. The minimum Gasteiger partial charge on any atom is -0.479 e. The highest BCUT2D eigenvalue weighted by Crippen LogP contribution is 2.35. The molecule has 1 fully saturated rings. The Morgan fingerprint density at radius 3 is 2.60 bits per heavy atom. The lowest BCUT2D eigenvalue weighted by molar-refractivity contribution is -0.132. The molecule has 0 aliphatic carbocycles. The van der Waals surface area contributed by atoms with Gasteiger partial charge in [0.05, 0.1) is 0 Å². The van der Waals surface area contributed by atoms with Gasteiger partial charge in [-0.25, -0.2) is 8.42 Å². The van der Waals surface area contributed by atoms with Crippen molar-refractivity contribution < 1.29 is 17.9 Å². The van der Waals surface area contributed by atoms with E-state index >= 15 is 0 Å². The van der Waals surface area contributed by atoms with Gasteiger partial charge in [0, 0.05) is 35.2 Å². The zero-order valence-electron chi connectivity index (χ0n) is 10.9. The Balaban J connectivity index is 2.44. The maximum Gasteiger partial charge on any atom is 0.265 e. The molecule has 0 saturated carbocycles. The number of carbonyl (C=O) groups is 1. The molecule has 2 rings (SSSR count). The van der Waals surface area contributed by atoms with Crippen LogP contribution in [0.15, 0.2) is 21.5 Å². The van der Waals surface area contributed by atoms with Gasteiger partial charge in [-0.15, -0.1) is 0 Å². The van der Waals surface area contributed by atoms with Crippen LogP contribution in [0.1, 0.15) is 12.0 Å². The number of carbonyl (C=O) groups excluding carboxylic acids is 1. The monoisotopic (exact) mass is 381 g/mol. The van der Waals surface area contributed by atoms with Gasteiger partial charge in [-0.1, -0.05) is 15.9 Å². The number of likely N-dealkylation sites (tertiary alicyclic amines) is 1. The van der Waals surface area contributed by atoms with Gasteiger partial charge in [-0.3, -0.25) is 4.79 Å². The Labute approximate surface area is 130 Å². The highest BCUT2D eigenvalue weighted by Gasteiger charge is 2.33. The molecule has 20 heavy (non-hydrogen) atoms. The highest BCUT2D eigenvalue weighted by atomic mass is 79.9. The fourth-order valence-electron chi connectivity index (χ4n) is 2.07. The molecule has 1 aliphatic heterocycles. The Kier molecular flexibility index (Phi) is 4.32. The number of hydrogen-bond donors (Lipinski definition) is 0. The fraction of sp³-hybridized carbons (Fsp3) is 0.417. The number of hydrogen-bond acceptors (Lipinski definition) is 4. The molecule has 110 valence electrons. The Hall–Kier alpha value is -0.790. The van der Waals surface area contributed by atoms with Crippen molar-refractivity contribution in [3.8, 4) is 5.75 Å². The summed E-state index contributed by atoms with van der Waals surface area (Å²) in [6.45, 7) is 2.29. The van der Waals surface area contributed by atoms with Crippen LogP contribution in [0.25, 0.3) is 0 Å². The van der Waals surface area contributed by atoms with Gasteiger partial charge in [0.25, 0.3) is 15.0 Å². The number of halogens is 2. The summed E-state index contributed by atoms with van der Waals surface area (Å²) in [5, 5.41) is 0. The van der Waals surface area contributed by atoms with Crippen LogP contribution in [-0.4, -0.2) is 38.9 Å². The molecule has 0 spiro atoms. The third kappa shape index (κ3) is 3.10. The fourth-order valence-corrected chi connectivity index (χ4v) is 3.84. The standard InChI is InChI=1S/C12H13BrClNO4S/c1-7-5-8(13)6-10(20(14,17)18)11(7)19-9-3-4-15(2)12(9)16/h5-6,9H,3-4H2,1-2H3. The van der Waals surface area contributed by atoms with Crippen LogP contribution in [0.4, 0.5) is 0 Å². The quantitative estimate of drug-likeness (QED) is 0.753. The number of aryl methyl sites for hydroxylation is 1. The van der Waals surface area contributed by atoms with Gasteiger partial charge in [0.2, 0.25) is 0 Å². The maximum atomic E-state index is 11.9. The van der Waals surface area contributed by atoms with E-state index in [4.69, 9.17) is 15.4 Å². The van der Waals surface area contributed by atoms with E-state index in [0.717, 1.165) is 0 Å². The zero-order valence-corrected chi connectivity index (χ0v) is 14.0. The molecule has 0 N–H and O–H groups in total. The van der Waals surface area contributed by atoms with Crippen molar-refractivity contribution in [2.24, 2.45) is 0 Å². The van der Waals surface area contributed by atoms with Crippen LogP contribution in [0.3, 0.4) is 0 Å². The van der Waals surface area contributed by atoms with Crippen molar-refractivity contribution >= 4 is 41.6 Å². The summed E-state index contributed by atoms with van der Waals surface area (Å²) in [6, 6.07) is 3.08. The molecule has 1 saturated heterocycles. The van der Waals surface area contributed by atoms with Crippen molar-refractivity contribution in [2.75, 3.05) is 13.6 Å². The van der Waals surface area contributed by atoms with E-state index in [1.165, 1.54) is 6.07 Å². The lowest BCUT2D eigenvalue weighted by Gasteiger charge is -2.17. The lowest BCUT2D eigenvalue weighted by atomic mass is 10.2. The largest absolute Gasteiger partial charge is 0.479 e. The average molecular weight is 383 g/mol. The molecule has 5 nitrogen and oxygen atoms in total. The van der Waals surface area contributed by atoms with Gasteiger partial charge < -0.3 is 9.64 Å². The van der Waals surface area contributed by atoms with E-state index in [2.05, 4.69) is 15.9 Å². The lowest BCUT2D eigenvalue weighted by Crippen LogP contribution is -2.30. The van der Waals surface area contributed by atoms with Crippen LogP contribution in [-0.2, 0) is 13.8 Å². The number of likely N-dealkylation sites (N-methyl/N-ethyl adjacent to an activating group) is 1. The molecule has 1 aromatic carbocycles. The summed E-state index contributed by atoms with van der Waals surface area (Å²) < 4.78 is 29.5. The molecule has 8 heteroatoms. The topological polar surface area (TPSA) is 63.7 Å². The molecular weight excluding hydrogens is 370 g/mol. The van der Waals surface area contributed by atoms with Crippen LogP contribution >= 0.6 is 26.6 Å². The van der Waals surface area contributed by atoms with E-state index < -0.39 is 15.2 Å². The van der Waals surface area contributed by atoms with E-state index in [1.807, 2.05) is 0 Å². The Morgan fingerprint density at radius 2 is 2.10 bits per heavy atom. The van der Waals surface area contributed by atoms with Gasteiger partial charge in [-0.05, 0) is 24.6 Å². The second kappa shape index (κ2) is 5.54. The van der Waals surface area contributed by atoms with Crippen molar-refractivity contribution in [1.82, 2.24) is 4.90 Å². The van der Waals surface area contributed by atoms with Gasteiger partial charge in [0.1, 0.15) is 10.6 Å². The van der Waals surface area contributed by atoms with Crippen LogP contribution < -0.4 is 4.74 Å². The normalized spacial score (nSPS) is 19.5. The van der Waals surface area contributed by atoms with Crippen molar-refractivity contribution in [2.45, 2.75) is 24.3 Å². The Morgan fingerprint density at radius 1 is 1.45 bits per heavy atom. The number of rotatable bonds is 3. The minimum absolute atomic E-state index is 0.131. The average Bonchev–Trinajstić information content (AvgIpc) is 2.62. The first-order chi connectivity index (χ1) is 9.20. The van der Waals surface area contributed by atoms with Gasteiger partial charge in [0.15, 0.2) is 6.10 Å². The van der Waals surface area contributed by atoms with E-state index in [-0.39, 0.29) is 16.6 Å². The van der Waals surface area contributed by atoms with Crippen molar-refractivity contribution in [3.05, 3.63) is 22.2 Å². The zero-order chi connectivity index (χ0) is 15.1. The van der Waals surface area contributed by atoms with Crippen LogP contribution in [0.2, 0.25) is 0 Å². The second-order valence-electron chi connectivity index (χ2n) is 4.64. The third-order valence-electron chi connectivity index (χ3n) is 3.11.